The van der Waals surface area contributed by atoms with Crippen LogP contribution in [0.4, 0.5) is 0 Å². The van der Waals surface area contributed by atoms with E-state index in [1.165, 1.54) is 23.3 Å². The molecule has 0 saturated heterocycles. The minimum absolute atomic E-state index is 0.144. The summed E-state index contributed by atoms with van der Waals surface area (Å²) in [5, 5.41) is 10.3. The zero-order valence-electron chi connectivity index (χ0n) is 22.2. The number of rotatable bonds is 9. The highest BCUT2D eigenvalue weighted by Crippen LogP contribution is 2.32. The minimum atomic E-state index is -1.07. The van der Waals surface area contributed by atoms with E-state index in [0.29, 0.717) is 0 Å². The molecule has 0 aliphatic rings. The average Bonchev–Trinajstić information content (AvgIpc) is 3.36. The molecule has 28 heavy (non-hydrogen) atoms. The van der Waals surface area contributed by atoms with Crippen molar-refractivity contribution in [2.45, 2.75) is 25.4 Å². The van der Waals surface area contributed by atoms with Crippen LogP contribution in [0.15, 0.2) is 59.8 Å². The zero-order chi connectivity index (χ0) is 26.0. The first kappa shape index (κ1) is 12.6. The molecule has 0 aliphatic carbocycles. The Kier molecular flexibility index (Phi) is 4.21. The topological polar surface area (TPSA) is 66.8 Å². The molecule has 1 N–H and O–H groups in total. The Morgan fingerprint density at radius 1 is 1.21 bits per heavy atom. The summed E-state index contributed by atoms with van der Waals surface area (Å²) in [6, 6.07) is 0.0419. The maximum Gasteiger partial charge on any atom is 0.303 e. The van der Waals surface area contributed by atoms with E-state index in [2.05, 4.69) is 0 Å². The Balaban J connectivity index is 2.03. The highest BCUT2D eigenvalue weighted by molar-refractivity contribution is 7.10. The fourth-order valence-corrected chi connectivity index (χ4v) is 3.38. The lowest BCUT2D eigenvalue weighted by Crippen LogP contribution is -2.29. The third-order valence-corrected chi connectivity index (χ3v) is 5.07. The number of fused-ring (bicyclic) bond motifs is 1. The van der Waals surface area contributed by atoms with Gasteiger partial charge in [-0.25, -0.2) is 0 Å². The van der Waals surface area contributed by atoms with Crippen molar-refractivity contribution in [1.29, 1.82) is 0 Å². The molecule has 3 aromatic rings. The van der Waals surface area contributed by atoms with Gasteiger partial charge in [-0.3, -0.25) is 9.59 Å². The maximum absolute atomic E-state index is 12.2. The zero-order valence-corrected chi connectivity index (χ0v) is 16.0. The van der Waals surface area contributed by atoms with Crippen LogP contribution in [0, 0.1) is 0 Å². The Morgan fingerprint density at radius 3 is 2.75 bits per heavy atom. The van der Waals surface area contributed by atoms with Crippen molar-refractivity contribution in [1.82, 2.24) is 4.90 Å². The van der Waals surface area contributed by atoms with Gasteiger partial charge in [-0.15, -0.1) is 11.3 Å². The minimum Gasteiger partial charge on any atom is -0.484 e. The van der Waals surface area contributed by atoms with Gasteiger partial charge >= 0.3 is 5.97 Å². The summed E-state index contributed by atoms with van der Waals surface area (Å²) in [6.07, 6.45) is -0.936. The second-order valence-electron chi connectivity index (χ2n) is 6.07. The van der Waals surface area contributed by atoms with Gasteiger partial charge in [0.05, 0.1) is 16.0 Å². The quantitative estimate of drug-likeness (QED) is 0.560. The molecule has 0 fully saturated rings. The number of carboxylic acid groups (broad SMARTS) is 1. The first-order chi connectivity index (χ1) is 16.5. The normalized spacial score (nSPS) is 15.4. The van der Waals surface area contributed by atoms with Crippen molar-refractivity contribution in [2.24, 2.45) is 0 Å². The molecule has 0 radical (unpaired) electrons. The van der Waals surface area contributed by atoms with E-state index in [4.69, 9.17) is 19.4 Å². The number of hydrogen-bond acceptors (Lipinski definition) is 4. The van der Waals surface area contributed by atoms with Crippen LogP contribution in [0.1, 0.15) is 39.8 Å². The molecule has 0 unspecified atom stereocenters. The average molecular weight is 405 g/mol. The van der Waals surface area contributed by atoms with E-state index in [-0.39, 0.29) is 48.2 Å². The number of thiophene rings is 1. The van der Waals surface area contributed by atoms with Gasteiger partial charge in [0.15, 0.2) is 0 Å². The van der Waals surface area contributed by atoms with Crippen LogP contribution in [-0.2, 0) is 9.59 Å². The molecule has 1 amide bonds. The van der Waals surface area contributed by atoms with Gasteiger partial charge in [0.2, 0.25) is 5.91 Å². The van der Waals surface area contributed by atoms with E-state index in [1.807, 2.05) is 5.38 Å². The number of carbonyl (C=O) groups is 2. The molecule has 146 valence electrons. The highest BCUT2D eigenvalue weighted by atomic mass is 32.1. The molecule has 6 heteroatoms. The SMILES string of the molecule is [2H]c1c([2H])c([2H])c2c(O[C@@H](CCN(C)C(=O)CCC(=O)O)c3cccs3)c([2H])c([2H])c([2H])c2c1[2H]. The molecule has 5 nitrogen and oxygen atoms in total. The summed E-state index contributed by atoms with van der Waals surface area (Å²) < 4.78 is 63.5. The molecule has 1 heterocycles. The monoisotopic (exact) mass is 404 g/mol. The molecule has 1 atom stereocenters. The largest absolute Gasteiger partial charge is 0.484 e. The number of ether oxygens (including phenoxy) is 1. The Morgan fingerprint density at radius 2 is 2.00 bits per heavy atom. The summed E-state index contributed by atoms with van der Waals surface area (Å²) in [5.74, 6) is -1.66. The van der Waals surface area contributed by atoms with E-state index < -0.39 is 54.4 Å². The van der Waals surface area contributed by atoms with Crippen molar-refractivity contribution in [3.63, 3.8) is 0 Å². The maximum atomic E-state index is 12.2. The van der Waals surface area contributed by atoms with Gasteiger partial charge in [0.25, 0.3) is 0 Å². The fourth-order valence-electron chi connectivity index (χ4n) is 2.59. The van der Waals surface area contributed by atoms with Crippen LogP contribution in [-0.4, -0.2) is 35.5 Å². The van der Waals surface area contributed by atoms with Crippen molar-refractivity contribution in [3.8, 4) is 5.75 Å². The van der Waals surface area contributed by atoms with Crippen LogP contribution in [0.25, 0.3) is 10.8 Å². The van der Waals surface area contributed by atoms with Crippen LogP contribution in [0.5, 0.6) is 5.75 Å². The summed E-state index contributed by atoms with van der Waals surface area (Å²) in [5.41, 5.74) is 0. The molecule has 0 bridgehead atoms. The second kappa shape index (κ2) is 9.37. The molecule has 0 spiro atoms. The second-order valence-corrected chi connectivity index (χ2v) is 7.05. The first-order valence-corrected chi connectivity index (χ1v) is 9.49. The van der Waals surface area contributed by atoms with Crippen LogP contribution < -0.4 is 4.74 Å². The summed E-state index contributed by atoms with van der Waals surface area (Å²) >= 11 is 1.35. The third kappa shape index (κ3) is 5.10. The van der Waals surface area contributed by atoms with E-state index in [1.54, 1.807) is 12.1 Å². The molecule has 0 saturated carbocycles. The molecular formula is C22H23NO4S. The molecule has 2 aromatic carbocycles. The van der Waals surface area contributed by atoms with Gasteiger partial charge in [-0.2, -0.15) is 0 Å². The van der Waals surface area contributed by atoms with Crippen LogP contribution in [0.3, 0.4) is 0 Å². The van der Waals surface area contributed by atoms with E-state index in [0.717, 1.165) is 4.88 Å². The van der Waals surface area contributed by atoms with Gasteiger partial charge in [0, 0.05) is 36.7 Å². The Labute approximate surface area is 178 Å². The van der Waals surface area contributed by atoms with Crippen LogP contribution in [0.2, 0.25) is 0 Å². The lowest BCUT2D eigenvalue weighted by Gasteiger charge is -2.23. The van der Waals surface area contributed by atoms with E-state index >= 15 is 0 Å². The summed E-state index contributed by atoms with van der Waals surface area (Å²) in [4.78, 5) is 25.1. The number of aliphatic carboxylic acids is 1. The number of carboxylic acids is 1. The highest BCUT2D eigenvalue weighted by Gasteiger charge is 2.19. The molecular weight excluding hydrogens is 374 g/mol. The summed E-state index contributed by atoms with van der Waals surface area (Å²) in [7, 11) is 1.54. The number of nitrogens with zero attached hydrogens (tertiary/aromatic N) is 1. The number of hydrogen-bond donors (Lipinski definition) is 1. The smallest absolute Gasteiger partial charge is 0.303 e. The first-order valence-electron chi connectivity index (χ1n) is 12.1. The van der Waals surface area contributed by atoms with Crippen molar-refractivity contribution in [3.05, 3.63) is 64.7 Å². The Hall–Kier alpha value is -2.86. The van der Waals surface area contributed by atoms with Gasteiger partial charge < -0.3 is 14.7 Å². The standard InChI is InChI=1S/C22H23NO4S/c1-23(21(24)11-12-22(25)26)14-13-19(20-10-5-15-28-20)27-18-9-4-7-16-6-2-3-8-17(16)18/h2-10,15,19H,11-14H2,1H3,(H,25,26)/t19-/m0/s1/i2D,3D,4D,6D,7D,8D,9D. The predicted molar refractivity (Wildman–Crippen MR) is 111 cm³/mol. The molecule has 0 aliphatic heterocycles. The van der Waals surface area contributed by atoms with Crippen LogP contribution >= 0.6 is 11.3 Å². The third-order valence-electron chi connectivity index (χ3n) is 4.10. The fraction of sp³-hybridized carbons (Fsp3) is 0.273. The predicted octanol–water partition coefficient (Wildman–Crippen LogP) is 4.73. The van der Waals surface area contributed by atoms with Crippen molar-refractivity contribution < 1.29 is 29.0 Å². The lowest BCUT2D eigenvalue weighted by molar-refractivity contribution is -0.140. The number of amides is 1. The van der Waals surface area contributed by atoms with Gasteiger partial charge in [-0.05, 0) is 22.9 Å². The van der Waals surface area contributed by atoms with Gasteiger partial charge in [-0.1, -0.05) is 42.3 Å². The molecule has 1 aromatic heterocycles. The summed E-state index contributed by atoms with van der Waals surface area (Å²) in [6.45, 7) is 0.189. The number of carbonyl (C=O) groups excluding carboxylic acids is 1. The molecule has 3 rings (SSSR count). The van der Waals surface area contributed by atoms with Crippen molar-refractivity contribution in [2.75, 3.05) is 13.6 Å². The number of benzene rings is 2. The lowest BCUT2D eigenvalue weighted by atomic mass is 10.1. The Bertz CT molecular complexity index is 1280. The van der Waals surface area contributed by atoms with Crippen molar-refractivity contribution >= 4 is 34.0 Å². The van der Waals surface area contributed by atoms with Gasteiger partial charge in [0.1, 0.15) is 11.9 Å². The van der Waals surface area contributed by atoms with E-state index in [9.17, 15) is 9.59 Å².